The molecule has 2 heterocycles. The molecule has 0 fully saturated rings. The lowest BCUT2D eigenvalue weighted by atomic mass is 9.99. The first-order valence-electron chi connectivity index (χ1n) is 15.0. The fourth-order valence-corrected chi connectivity index (χ4v) is 5.11. The van der Waals surface area contributed by atoms with Gasteiger partial charge in [0.05, 0.1) is 12.3 Å². The number of ether oxygens (including phenoxy) is 2. The second-order valence-corrected chi connectivity index (χ2v) is 10.6. The number of pyridine rings is 1. The number of halogens is 2. The SMILES string of the molecule is CCOc1ccn(-c2ccc(F)cc2)c(=O)c1C(=O)Nc1ccc(-c2ccc(OCc3ccccc3)c(-c3ccnc(N)n3)c2)c(F)c1. The highest BCUT2D eigenvalue weighted by Gasteiger charge is 2.21. The van der Waals surface area contributed by atoms with Crippen LogP contribution in [-0.4, -0.2) is 27.0 Å². The first-order chi connectivity index (χ1) is 23.3. The normalized spacial score (nSPS) is 10.8. The van der Waals surface area contributed by atoms with Crippen LogP contribution in [-0.2, 0) is 6.61 Å². The van der Waals surface area contributed by atoms with Gasteiger partial charge in [0.25, 0.3) is 11.5 Å². The van der Waals surface area contributed by atoms with E-state index in [2.05, 4.69) is 15.3 Å². The standard InChI is InChI=1S/C37H29F2N5O4/c1-2-47-33-17-19-44(27-12-9-25(38)10-13-27)36(46)34(33)35(45)42-26-11-14-28(30(39)21-26)24-8-15-32(48-22-23-6-4-3-5-7-23)29(20-24)31-16-18-41-37(40)43-31/h3-21H,2,22H2,1H3,(H,42,45)(H2,40,41,43). The highest BCUT2D eigenvalue weighted by molar-refractivity contribution is 6.06. The van der Waals surface area contributed by atoms with E-state index in [0.29, 0.717) is 34.9 Å². The molecule has 2 aromatic heterocycles. The summed E-state index contributed by atoms with van der Waals surface area (Å²) in [7, 11) is 0. The molecule has 6 aromatic rings. The van der Waals surface area contributed by atoms with E-state index in [1.54, 1.807) is 31.2 Å². The van der Waals surface area contributed by atoms with Gasteiger partial charge in [-0.1, -0.05) is 36.4 Å². The zero-order chi connectivity index (χ0) is 33.6. The van der Waals surface area contributed by atoms with Crippen LogP contribution >= 0.6 is 0 Å². The molecular formula is C37H29F2N5O4. The van der Waals surface area contributed by atoms with Gasteiger partial charge in [-0.25, -0.2) is 18.7 Å². The maximum absolute atomic E-state index is 15.7. The minimum atomic E-state index is -0.796. The van der Waals surface area contributed by atoms with Crippen molar-refractivity contribution in [3.63, 3.8) is 0 Å². The number of anilines is 2. The average Bonchev–Trinajstić information content (AvgIpc) is 3.09. The number of aromatic nitrogens is 3. The van der Waals surface area contributed by atoms with Gasteiger partial charge in [-0.05, 0) is 84.8 Å². The summed E-state index contributed by atoms with van der Waals surface area (Å²) in [5.74, 6) is -1.24. The van der Waals surface area contributed by atoms with Crippen molar-refractivity contribution in [2.24, 2.45) is 0 Å². The minimum absolute atomic E-state index is 0.0583. The maximum atomic E-state index is 15.7. The van der Waals surface area contributed by atoms with Crippen LogP contribution in [0.1, 0.15) is 22.8 Å². The van der Waals surface area contributed by atoms with Crippen molar-refractivity contribution in [3.8, 4) is 39.6 Å². The number of benzene rings is 4. The summed E-state index contributed by atoms with van der Waals surface area (Å²) in [6.07, 6.45) is 2.97. The first-order valence-corrected chi connectivity index (χ1v) is 15.0. The maximum Gasteiger partial charge on any atom is 0.271 e. The van der Waals surface area contributed by atoms with Crippen LogP contribution < -0.4 is 26.1 Å². The molecule has 11 heteroatoms. The Balaban J connectivity index is 1.30. The molecule has 6 rings (SSSR count). The van der Waals surface area contributed by atoms with Crippen LogP contribution in [0.4, 0.5) is 20.4 Å². The van der Waals surface area contributed by atoms with E-state index < -0.39 is 23.1 Å². The molecule has 240 valence electrons. The number of nitrogens with two attached hydrogens (primary N) is 1. The number of rotatable bonds is 10. The van der Waals surface area contributed by atoms with Crippen molar-refractivity contribution < 1.29 is 23.0 Å². The van der Waals surface area contributed by atoms with E-state index in [0.717, 1.165) is 11.6 Å². The molecule has 0 saturated heterocycles. The molecular weight excluding hydrogens is 616 g/mol. The molecule has 1 amide bonds. The van der Waals surface area contributed by atoms with Crippen molar-refractivity contribution in [1.29, 1.82) is 0 Å². The number of nitrogens with zero attached hydrogens (tertiary/aromatic N) is 3. The summed E-state index contributed by atoms with van der Waals surface area (Å²) < 4.78 is 42.1. The van der Waals surface area contributed by atoms with E-state index in [9.17, 15) is 14.0 Å². The monoisotopic (exact) mass is 645 g/mol. The fourth-order valence-electron chi connectivity index (χ4n) is 5.11. The molecule has 0 aliphatic carbocycles. The molecule has 0 unspecified atom stereocenters. The Hall–Kier alpha value is -6.36. The summed E-state index contributed by atoms with van der Waals surface area (Å²) in [6.45, 7) is 2.22. The molecule has 9 nitrogen and oxygen atoms in total. The summed E-state index contributed by atoms with van der Waals surface area (Å²) in [4.78, 5) is 35.2. The van der Waals surface area contributed by atoms with Crippen LogP contribution in [0.2, 0.25) is 0 Å². The second-order valence-electron chi connectivity index (χ2n) is 10.6. The minimum Gasteiger partial charge on any atom is -0.493 e. The van der Waals surface area contributed by atoms with Crippen molar-refractivity contribution in [1.82, 2.24) is 14.5 Å². The van der Waals surface area contributed by atoms with Gasteiger partial charge in [0, 0.05) is 34.9 Å². The molecule has 48 heavy (non-hydrogen) atoms. The lowest BCUT2D eigenvalue weighted by molar-refractivity contribution is 0.102. The molecule has 0 saturated carbocycles. The number of carbonyl (C=O) groups excluding carboxylic acids is 1. The quantitative estimate of drug-likeness (QED) is 0.164. The van der Waals surface area contributed by atoms with Crippen LogP contribution in [0.3, 0.4) is 0 Å². The summed E-state index contributed by atoms with van der Waals surface area (Å²) in [5.41, 5.74) is 8.18. The zero-order valence-electron chi connectivity index (χ0n) is 25.7. The third-order valence-electron chi connectivity index (χ3n) is 7.39. The fraction of sp³-hybridized carbons (Fsp3) is 0.0811. The molecule has 0 spiro atoms. The third kappa shape index (κ3) is 6.90. The van der Waals surface area contributed by atoms with E-state index in [1.807, 2.05) is 30.3 Å². The molecule has 0 radical (unpaired) electrons. The topological polar surface area (TPSA) is 121 Å². The van der Waals surface area contributed by atoms with Crippen LogP contribution in [0.25, 0.3) is 28.1 Å². The Morgan fingerprint density at radius 3 is 2.40 bits per heavy atom. The summed E-state index contributed by atoms with van der Waals surface area (Å²) in [5, 5.41) is 2.61. The van der Waals surface area contributed by atoms with Gasteiger partial charge in [-0.3, -0.25) is 14.2 Å². The van der Waals surface area contributed by atoms with Gasteiger partial charge in [-0.2, -0.15) is 0 Å². The van der Waals surface area contributed by atoms with Crippen LogP contribution in [0.5, 0.6) is 11.5 Å². The Morgan fingerprint density at radius 2 is 1.67 bits per heavy atom. The Bertz CT molecular complexity index is 2160. The molecule has 0 aliphatic heterocycles. The van der Waals surface area contributed by atoms with Gasteiger partial charge >= 0.3 is 0 Å². The number of hydrogen-bond acceptors (Lipinski definition) is 7. The largest absolute Gasteiger partial charge is 0.493 e. The van der Waals surface area contributed by atoms with Gasteiger partial charge in [0.2, 0.25) is 5.95 Å². The van der Waals surface area contributed by atoms with Crippen molar-refractivity contribution >= 4 is 17.5 Å². The highest BCUT2D eigenvalue weighted by atomic mass is 19.1. The lowest BCUT2D eigenvalue weighted by Crippen LogP contribution is -2.29. The van der Waals surface area contributed by atoms with E-state index in [1.165, 1.54) is 59.4 Å². The van der Waals surface area contributed by atoms with Crippen molar-refractivity contribution in [2.75, 3.05) is 17.7 Å². The first kappa shape index (κ1) is 31.6. The number of carbonyl (C=O) groups is 1. The van der Waals surface area contributed by atoms with Crippen LogP contribution in [0.15, 0.2) is 120 Å². The highest BCUT2D eigenvalue weighted by Crippen LogP contribution is 2.35. The molecule has 3 N–H and O–H groups in total. The Labute approximate surface area is 274 Å². The van der Waals surface area contributed by atoms with E-state index in [-0.39, 0.29) is 35.1 Å². The summed E-state index contributed by atoms with van der Waals surface area (Å²) >= 11 is 0. The predicted octanol–water partition coefficient (Wildman–Crippen LogP) is 7.05. The molecule has 0 aliphatic rings. The van der Waals surface area contributed by atoms with Crippen molar-refractivity contribution in [2.45, 2.75) is 13.5 Å². The number of hydrogen-bond donors (Lipinski definition) is 2. The number of amides is 1. The lowest BCUT2D eigenvalue weighted by Gasteiger charge is -2.15. The second kappa shape index (κ2) is 14.0. The Kier molecular flexibility index (Phi) is 9.19. The predicted molar refractivity (Wildman–Crippen MR) is 179 cm³/mol. The molecule has 0 bridgehead atoms. The Morgan fingerprint density at radius 1 is 0.875 bits per heavy atom. The molecule has 0 atom stereocenters. The summed E-state index contributed by atoms with van der Waals surface area (Å²) in [6, 6.07) is 27.5. The average molecular weight is 646 g/mol. The number of nitrogen functional groups attached to an aromatic ring is 1. The van der Waals surface area contributed by atoms with Crippen molar-refractivity contribution in [3.05, 3.63) is 149 Å². The van der Waals surface area contributed by atoms with Gasteiger partial charge in [0.15, 0.2) is 0 Å². The van der Waals surface area contributed by atoms with Crippen LogP contribution in [0, 0.1) is 11.6 Å². The zero-order valence-corrected chi connectivity index (χ0v) is 25.7. The van der Waals surface area contributed by atoms with Gasteiger partial charge < -0.3 is 20.5 Å². The number of nitrogens with one attached hydrogen (secondary N) is 1. The van der Waals surface area contributed by atoms with E-state index >= 15 is 4.39 Å². The smallest absolute Gasteiger partial charge is 0.271 e. The van der Waals surface area contributed by atoms with Gasteiger partial charge in [0.1, 0.15) is 35.3 Å². The van der Waals surface area contributed by atoms with E-state index in [4.69, 9.17) is 15.2 Å². The third-order valence-corrected chi connectivity index (χ3v) is 7.39. The molecule has 4 aromatic carbocycles. The van der Waals surface area contributed by atoms with Gasteiger partial charge in [-0.15, -0.1) is 0 Å².